The summed E-state index contributed by atoms with van der Waals surface area (Å²) in [5.74, 6) is 0.179. The molecule has 7 heteroatoms. The molecule has 0 aromatic carbocycles. The quantitative estimate of drug-likeness (QED) is 0.810. The first-order valence-electron chi connectivity index (χ1n) is 4.31. The Kier molecular flexibility index (Phi) is 2.30. The van der Waals surface area contributed by atoms with Gasteiger partial charge in [-0.1, -0.05) is 0 Å². The van der Waals surface area contributed by atoms with Crippen LogP contribution in [0.4, 0.5) is 18.9 Å². The van der Waals surface area contributed by atoms with E-state index < -0.39 is 11.7 Å². The Morgan fingerprint density at radius 2 is 2.06 bits per heavy atom. The maximum Gasteiger partial charge on any atom is 0.417 e. The van der Waals surface area contributed by atoms with E-state index >= 15 is 0 Å². The average molecular weight is 228 g/mol. The number of nitrogen functional groups attached to an aromatic ring is 1. The smallest absolute Gasteiger partial charge is 0.396 e. The first-order valence-corrected chi connectivity index (χ1v) is 4.31. The van der Waals surface area contributed by atoms with Crippen molar-refractivity contribution in [3.8, 4) is 5.82 Å². The van der Waals surface area contributed by atoms with Gasteiger partial charge in [0.05, 0.1) is 11.3 Å². The Bertz CT molecular complexity index is 490. The average Bonchev–Trinajstić information content (AvgIpc) is 2.69. The predicted octanol–water partition coefficient (Wildman–Crippen LogP) is 1.87. The molecule has 16 heavy (non-hydrogen) atoms. The number of rotatable bonds is 1. The van der Waals surface area contributed by atoms with Crippen molar-refractivity contribution >= 4 is 5.69 Å². The van der Waals surface area contributed by atoms with Crippen LogP contribution in [0.25, 0.3) is 5.82 Å². The molecule has 2 aromatic rings. The minimum absolute atomic E-state index is 0.0708. The zero-order chi connectivity index (χ0) is 11.8. The zero-order valence-corrected chi connectivity index (χ0v) is 7.94. The number of halogens is 3. The molecule has 4 nitrogen and oxygen atoms in total. The van der Waals surface area contributed by atoms with Crippen molar-refractivity contribution in [2.45, 2.75) is 6.18 Å². The second-order valence-electron chi connectivity index (χ2n) is 3.09. The van der Waals surface area contributed by atoms with E-state index in [1.807, 2.05) is 0 Å². The number of nitrogens with two attached hydrogens (primary N) is 1. The third kappa shape index (κ3) is 1.83. The molecule has 0 spiro atoms. The highest BCUT2D eigenvalue weighted by Gasteiger charge is 2.31. The van der Waals surface area contributed by atoms with Crippen LogP contribution in [0.2, 0.25) is 0 Å². The number of pyridine rings is 1. The summed E-state index contributed by atoms with van der Waals surface area (Å²) in [6.07, 6.45) is -0.679. The molecule has 0 atom stereocenters. The van der Waals surface area contributed by atoms with Crippen LogP contribution in [0, 0.1) is 0 Å². The van der Waals surface area contributed by atoms with Crippen LogP contribution in [0.1, 0.15) is 5.56 Å². The van der Waals surface area contributed by atoms with Crippen molar-refractivity contribution in [2.75, 3.05) is 5.73 Å². The summed E-state index contributed by atoms with van der Waals surface area (Å²) in [7, 11) is 0. The number of anilines is 1. The summed E-state index contributed by atoms with van der Waals surface area (Å²) in [5, 5.41) is 3.83. The summed E-state index contributed by atoms with van der Waals surface area (Å²) in [5.41, 5.74) is 4.54. The molecule has 2 aromatic heterocycles. The van der Waals surface area contributed by atoms with Gasteiger partial charge >= 0.3 is 6.18 Å². The molecule has 0 bridgehead atoms. The van der Waals surface area contributed by atoms with Crippen molar-refractivity contribution in [1.29, 1.82) is 0 Å². The van der Waals surface area contributed by atoms with Gasteiger partial charge in [-0.2, -0.15) is 18.3 Å². The fourth-order valence-corrected chi connectivity index (χ4v) is 1.22. The summed E-state index contributed by atoms with van der Waals surface area (Å²) in [4.78, 5) is 3.64. The van der Waals surface area contributed by atoms with Gasteiger partial charge in [-0.15, -0.1) is 0 Å². The van der Waals surface area contributed by atoms with E-state index in [1.165, 1.54) is 10.9 Å². The lowest BCUT2D eigenvalue weighted by Crippen LogP contribution is -2.10. The molecule has 2 rings (SSSR count). The minimum Gasteiger partial charge on any atom is -0.396 e. The highest BCUT2D eigenvalue weighted by molar-refractivity contribution is 5.54. The molecular weight excluding hydrogens is 221 g/mol. The maximum atomic E-state index is 12.3. The van der Waals surface area contributed by atoms with E-state index in [0.717, 1.165) is 12.3 Å². The van der Waals surface area contributed by atoms with Gasteiger partial charge in [0.1, 0.15) is 0 Å². The summed E-state index contributed by atoms with van der Waals surface area (Å²) in [6, 6.07) is 2.46. The van der Waals surface area contributed by atoms with Gasteiger partial charge in [0.15, 0.2) is 5.82 Å². The Hall–Kier alpha value is -2.05. The Morgan fingerprint density at radius 1 is 1.31 bits per heavy atom. The van der Waals surface area contributed by atoms with Gasteiger partial charge in [-0.05, 0) is 12.1 Å². The Labute approximate surface area is 88.5 Å². The predicted molar refractivity (Wildman–Crippen MR) is 50.8 cm³/mol. The number of hydrogen-bond donors (Lipinski definition) is 1. The molecule has 0 saturated heterocycles. The highest BCUT2D eigenvalue weighted by Crippen LogP contribution is 2.30. The van der Waals surface area contributed by atoms with E-state index in [4.69, 9.17) is 5.73 Å². The van der Waals surface area contributed by atoms with E-state index in [9.17, 15) is 13.2 Å². The SMILES string of the molecule is Nc1cc(C(F)(F)F)cnc1-n1cccn1. The lowest BCUT2D eigenvalue weighted by Gasteiger charge is -2.09. The fourth-order valence-electron chi connectivity index (χ4n) is 1.22. The van der Waals surface area contributed by atoms with Crippen molar-refractivity contribution < 1.29 is 13.2 Å². The van der Waals surface area contributed by atoms with Gasteiger partial charge in [-0.25, -0.2) is 9.67 Å². The Balaban J connectivity index is 2.46. The van der Waals surface area contributed by atoms with Crippen LogP contribution in [0.5, 0.6) is 0 Å². The van der Waals surface area contributed by atoms with E-state index in [-0.39, 0.29) is 11.5 Å². The van der Waals surface area contributed by atoms with Gasteiger partial charge in [-0.3, -0.25) is 0 Å². The largest absolute Gasteiger partial charge is 0.417 e. The summed E-state index contributed by atoms with van der Waals surface area (Å²) >= 11 is 0. The molecule has 0 saturated carbocycles. The molecule has 0 unspecified atom stereocenters. The van der Waals surface area contributed by atoms with Crippen molar-refractivity contribution in [2.24, 2.45) is 0 Å². The molecule has 2 N–H and O–H groups in total. The molecule has 0 aliphatic heterocycles. The first-order chi connectivity index (χ1) is 7.48. The molecule has 0 aliphatic carbocycles. The topological polar surface area (TPSA) is 56.7 Å². The fraction of sp³-hybridized carbons (Fsp3) is 0.111. The molecule has 0 radical (unpaired) electrons. The van der Waals surface area contributed by atoms with Crippen molar-refractivity contribution in [3.05, 3.63) is 36.3 Å². The normalized spacial score (nSPS) is 11.7. The van der Waals surface area contributed by atoms with Gasteiger partial charge in [0.2, 0.25) is 0 Å². The highest BCUT2D eigenvalue weighted by atomic mass is 19.4. The molecule has 84 valence electrons. The maximum absolute atomic E-state index is 12.3. The minimum atomic E-state index is -4.44. The van der Waals surface area contributed by atoms with Crippen LogP contribution >= 0.6 is 0 Å². The molecule has 0 aliphatic rings. The third-order valence-corrected chi connectivity index (χ3v) is 1.94. The zero-order valence-electron chi connectivity index (χ0n) is 7.94. The second kappa shape index (κ2) is 3.51. The van der Waals surface area contributed by atoms with Crippen molar-refractivity contribution in [1.82, 2.24) is 14.8 Å². The first kappa shape index (κ1) is 10.5. The Morgan fingerprint density at radius 3 is 2.56 bits per heavy atom. The summed E-state index contributed by atoms with van der Waals surface area (Å²) in [6.45, 7) is 0. The monoisotopic (exact) mass is 228 g/mol. The number of nitrogens with zero attached hydrogens (tertiary/aromatic N) is 3. The number of alkyl halides is 3. The molecular formula is C9H7F3N4. The number of hydrogen-bond acceptors (Lipinski definition) is 3. The van der Waals surface area contributed by atoms with Crippen LogP contribution in [-0.4, -0.2) is 14.8 Å². The van der Waals surface area contributed by atoms with Gasteiger partial charge in [0, 0.05) is 18.6 Å². The summed E-state index contributed by atoms with van der Waals surface area (Å²) < 4.78 is 38.3. The molecule has 0 fully saturated rings. The van der Waals surface area contributed by atoms with E-state index in [1.54, 1.807) is 12.3 Å². The second-order valence-corrected chi connectivity index (χ2v) is 3.09. The van der Waals surface area contributed by atoms with Crippen LogP contribution < -0.4 is 5.73 Å². The van der Waals surface area contributed by atoms with E-state index in [0.29, 0.717) is 0 Å². The van der Waals surface area contributed by atoms with Gasteiger partial charge in [0.25, 0.3) is 0 Å². The lowest BCUT2D eigenvalue weighted by atomic mass is 10.2. The van der Waals surface area contributed by atoms with Crippen LogP contribution in [0.15, 0.2) is 30.7 Å². The standard InChI is InChI=1S/C9H7F3N4/c10-9(11,12)6-4-7(13)8(14-5-6)16-3-1-2-15-16/h1-5H,13H2. The van der Waals surface area contributed by atoms with Crippen molar-refractivity contribution in [3.63, 3.8) is 0 Å². The van der Waals surface area contributed by atoms with Gasteiger partial charge < -0.3 is 5.73 Å². The van der Waals surface area contributed by atoms with Crippen LogP contribution in [-0.2, 0) is 6.18 Å². The molecule has 0 amide bonds. The lowest BCUT2D eigenvalue weighted by molar-refractivity contribution is -0.137. The van der Waals surface area contributed by atoms with E-state index in [2.05, 4.69) is 10.1 Å². The van der Waals surface area contributed by atoms with Crippen LogP contribution in [0.3, 0.4) is 0 Å². The number of aromatic nitrogens is 3. The molecule has 2 heterocycles. The third-order valence-electron chi connectivity index (χ3n) is 1.94.